The molecule has 4 rings (SSSR count). The third kappa shape index (κ3) is 3.05. The molecule has 2 aromatic rings. The third-order valence-electron chi connectivity index (χ3n) is 6.21. The number of para-hydroxylation sites is 1. The first kappa shape index (κ1) is 19.4. The van der Waals surface area contributed by atoms with E-state index >= 15 is 0 Å². The van der Waals surface area contributed by atoms with Crippen LogP contribution in [0, 0.1) is 0 Å². The second-order valence-electron chi connectivity index (χ2n) is 7.82. The van der Waals surface area contributed by atoms with Crippen molar-refractivity contribution in [3.63, 3.8) is 0 Å². The number of aromatic hydroxyl groups is 1. The summed E-state index contributed by atoms with van der Waals surface area (Å²) in [6.07, 6.45) is 5.30. The Hall–Kier alpha value is -2.96. The van der Waals surface area contributed by atoms with Crippen molar-refractivity contribution in [2.24, 2.45) is 0 Å². The third-order valence-corrected chi connectivity index (χ3v) is 6.21. The minimum Gasteiger partial charge on any atom is -0.496 e. The number of carbonyl (C=O) groups excluding carboxylic acids is 2. The SMILES string of the molecule is COc1ccccc1[C@@H]1c2c(c[nH]c2O)N(C(C)=O)[C@@H]2CCCC[C@H]2N1C(C)=O. The lowest BCUT2D eigenvalue weighted by molar-refractivity contribution is -0.134. The largest absolute Gasteiger partial charge is 0.496 e. The van der Waals surface area contributed by atoms with Crippen LogP contribution in [0.5, 0.6) is 11.6 Å². The summed E-state index contributed by atoms with van der Waals surface area (Å²) in [4.78, 5) is 32.2. The van der Waals surface area contributed by atoms with Gasteiger partial charge in [0.2, 0.25) is 11.8 Å². The molecule has 2 heterocycles. The van der Waals surface area contributed by atoms with E-state index in [0.717, 1.165) is 31.2 Å². The Bertz CT molecular complexity index is 938. The van der Waals surface area contributed by atoms with Crippen LogP contribution in [0.2, 0.25) is 0 Å². The van der Waals surface area contributed by atoms with Gasteiger partial charge in [-0.3, -0.25) is 9.59 Å². The lowest BCUT2D eigenvalue weighted by Gasteiger charge is -2.44. The molecule has 7 nitrogen and oxygen atoms in total. The fourth-order valence-corrected chi connectivity index (χ4v) is 5.13. The molecule has 2 N–H and O–H groups in total. The Labute approximate surface area is 170 Å². The summed E-state index contributed by atoms with van der Waals surface area (Å²) in [7, 11) is 1.59. The number of amides is 2. The first-order valence-electron chi connectivity index (χ1n) is 10.1. The van der Waals surface area contributed by atoms with E-state index in [2.05, 4.69) is 4.98 Å². The highest BCUT2D eigenvalue weighted by Gasteiger charge is 2.47. The summed E-state index contributed by atoms with van der Waals surface area (Å²) < 4.78 is 5.60. The van der Waals surface area contributed by atoms with Gasteiger partial charge in [0.05, 0.1) is 36.5 Å². The molecule has 3 atom stereocenters. The van der Waals surface area contributed by atoms with Crippen molar-refractivity contribution < 1.29 is 19.4 Å². The lowest BCUT2D eigenvalue weighted by Crippen LogP contribution is -2.55. The fraction of sp³-hybridized carbons (Fsp3) is 0.455. The zero-order valence-electron chi connectivity index (χ0n) is 17.0. The summed E-state index contributed by atoms with van der Waals surface area (Å²) in [5.41, 5.74) is 1.96. The van der Waals surface area contributed by atoms with Crippen molar-refractivity contribution in [3.05, 3.63) is 41.6 Å². The van der Waals surface area contributed by atoms with Gasteiger partial charge in [0.15, 0.2) is 5.88 Å². The number of hydrogen-bond acceptors (Lipinski definition) is 4. The second-order valence-corrected chi connectivity index (χ2v) is 7.82. The Kier molecular flexibility index (Phi) is 4.98. The molecule has 154 valence electrons. The molecule has 1 aliphatic heterocycles. The molecule has 1 aromatic carbocycles. The molecule has 2 aliphatic rings. The van der Waals surface area contributed by atoms with Crippen LogP contribution >= 0.6 is 0 Å². The molecule has 0 unspecified atom stereocenters. The minimum atomic E-state index is -0.556. The summed E-state index contributed by atoms with van der Waals surface area (Å²) in [5.74, 6) is 0.423. The Morgan fingerprint density at radius 3 is 2.45 bits per heavy atom. The highest BCUT2D eigenvalue weighted by molar-refractivity contribution is 5.94. The summed E-state index contributed by atoms with van der Waals surface area (Å²) in [5, 5.41) is 10.8. The van der Waals surface area contributed by atoms with Gasteiger partial charge < -0.3 is 24.6 Å². The summed E-state index contributed by atoms with van der Waals surface area (Å²) in [6, 6.07) is 6.72. The van der Waals surface area contributed by atoms with E-state index in [4.69, 9.17) is 4.74 Å². The van der Waals surface area contributed by atoms with Crippen molar-refractivity contribution in [2.75, 3.05) is 12.0 Å². The molecule has 0 saturated heterocycles. The number of methoxy groups -OCH3 is 1. The van der Waals surface area contributed by atoms with Crippen LogP contribution in [-0.4, -0.2) is 46.0 Å². The van der Waals surface area contributed by atoms with Crippen LogP contribution in [-0.2, 0) is 9.59 Å². The predicted molar refractivity (Wildman–Crippen MR) is 109 cm³/mol. The molecule has 29 heavy (non-hydrogen) atoms. The van der Waals surface area contributed by atoms with Gasteiger partial charge >= 0.3 is 0 Å². The van der Waals surface area contributed by atoms with E-state index < -0.39 is 6.04 Å². The molecule has 1 fully saturated rings. The number of carbonyl (C=O) groups is 2. The maximum atomic E-state index is 13.0. The number of nitrogens with one attached hydrogen (secondary N) is 1. The first-order chi connectivity index (χ1) is 14.0. The van der Waals surface area contributed by atoms with Gasteiger partial charge in [-0.1, -0.05) is 31.0 Å². The average Bonchev–Trinajstić information content (AvgIpc) is 3.00. The van der Waals surface area contributed by atoms with E-state index in [-0.39, 0.29) is 29.8 Å². The minimum absolute atomic E-state index is 0.0351. The van der Waals surface area contributed by atoms with Crippen molar-refractivity contribution in [1.29, 1.82) is 0 Å². The average molecular weight is 397 g/mol. The van der Waals surface area contributed by atoms with Crippen LogP contribution in [0.1, 0.15) is 56.7 Å². The molecule has 1 aromatic heterocycles. The zero-order chi connectivity index (χ0) is 20.7. The zero-order valence-corrected chi connectivity index (χ0v) is 17.0. The second kappa shape index (κ2) is 7.46. The number of anilines is 1. The highest BCUT2D eigenvalue weighted by atomic mass is 16.5. The number of ether oxygens (including phenoxy) is 1. The molecular weight excluding hydrogens is 370 g/mol. The van der Waals surface area contributed by atoms with E-state index in [1.165, 1.54) is 0 Å². The Balaban J connectivity index is 2.02. The van der Waals surface area contributed by atoms with Gasteiger partial charge in [-0.2, -0.15) is 0 Å². The Morgan fingerprint density at radius 2 is 1.79 bits per heavy atom. The highest BCUT2D eigenvalue weighted by Crippen LogP contribution is 2.49. The van der Waals surface area contributed by atoms with Crippen LogP contribution < -0.4 is 9.64 Å². The van der Waals surface area contributed by atoms with E-state index in [1.807, 2.05) is 29.2 Å². The number of nitrogens with zero attached hydrogens (tertiary/aromatic N) is 2. The van der Waals surface area contributed by atoms with Gasteiger partial charge in [0, 0.05) is 25.6 Å². The number of benzene rings is 1. The van der Waals surface area contributed by atoms with E-state index in [0.29, 0.717) is 17.0 Å². The van der Waals surface area contributed by atoms with Crippen LogP contribution in [0.3, 0.4) is 0 Å². The van der Waals surface area contributed by atoms with Crippen LogP contribution in [0.15, 0.2) is 30.5 Å². The van der Waals surface area contributed by atoms with Crippen molar-refractivity contribution in [1.82, 2.24) is 9.88 Å². The van der Waals surface area contributed by atoms with Gasteiger partial charge in [0.1, 0.15) is 5.75 Å². The van der Waals surface area contributed by atoms with Gasteiger partial charge in [-0.25, -0.2) is 0 Å². The molecule has 0 bridgehead atoms. The number of aromatic nitrogens is 1. The smallest absolute Gasteiger partial charge is 0.224 e. The van der Waals surface area contributed by atoms with Crippen LogP contribution in [0.25, 0.3) is 0 Å². The lowest BCUT2D eigenvalue weighted by atomic mass is 9.87. The normalized spacial score (nSPS) is 23.8. The number of rotatable bonds is 2. The molecule has 0 radical (unpaired) electrons. The van der Waals surface area contributed by atoms with Crippen molar-refractivity contribution in [3.8, 4) is 11.6 Å². The standard InChI is InChI=1S/C22H27N3O4/c1-13(26)24-16-9-5-6-10-17(16)25(14(2)27)21(20-18(24)12-23-22(20)28)15-8-4-7-11-19(15)29-3/h4,7-8,11-12,16-17,21,23,28H,5-6,9-10H2,1-3H3/t16-,17-,21-/m1/s1. The molecular formula is C22H27N3O4. The number of hydrogen-bond donors (Lipinski definition) is 2. The van der Waals surface area contributed by atoms with Gasteiger partial charge in [-0.05, 0) is 18.9 Å². The number of aromatic amines is 1. The van der Waals surface area contributed by atoms with Crippen molar-refractivity contribution >= 4 is 17.5 Å². The summed E-state index contributed by atoms with van der Waals surface area (Å²) >= 11 is 0. The molecule has 1 aliphatic carbocycles. The van der Waals surface area contributed by atoms with E-state index in [1.54, 1.807) is 32.1 Å². The number of fused-ring (bicyclic) bond motifs is 2. The topological polar surface area (TPSA) is 85.9 Å². The Morgan fingerprint density at radius 1 is 1.10 bits per heavy atom. The quantitative estimate of drug-likeness (QED) is 0.814. The molecule has 1 saturated carbocycles. The van der Waals surface area contributed by atoms with E-state index in [9.17, 15) is 14.7 Å². The molecule has 2 amide bonds. The maximum absolute atomic E-state index is 13.0. The molecule has 7 heteroatoms. The van der Waals surface area contributed by atoms with Gasteiger partial charge in [-0.15, -0.1) is 0 Å². The maximum Gasteiger partial charge on any atom is 0.224 e. The van der Waals surface area contributed by atoms with Crippen LogP contribution in [0.4, 0.5) is 5.69 Å². The fourth-order valence-electron chi connectivity index (χ4n) is 5.13. The molecule has 0 spiro atoms. The monoisotopic (exact) mass is 397 g/mol. The van der Waals surface area contributed by atoms with Crippen molar-refractivity contribution in [2.45, 2.75) is 57.7 Å². The number of H-pyrrole nitrogens is 1. The van der Waals surface area contributed by atoms with Gasteiger partial charge in [0.25, 0.3) is 0 Å². The predicted octanol–water partition coefficient (Wildman–Crippen LogP) is 3.34. The first-order valence-corrected chi connectivity index (χ1v) is 10.1. The summed E-state index contributed by atoms with van der Waals surface area (Å²) in [6.45, 7) is 3.10.